The lowest BCUT2D eigenvalue weighted by Gasteiger charge is -2.28. The first-order chi connectivity index (χ1) is 11.6. The van der Waals surface area contributed by atoms with Gasteiger partial charge in [-0.15, -0.1) is 11.3 Å². The minimum atomic E-state index is -0.0651. The third kappa shape index (κ3) is 3.37. The molecule has 0 saturated carbocycles. The highest BCUT2D eigenvalue weighted by atomic mass is 32.1. The number of hydrogen-bond acceptors (Lipinski definition) is 6. The molecule has 0 aromatic carbocycles. The molecule has 1 N–H and O–H groups in total. The Morgan fingerprint density at radius 3 is 2.83 bits per heavy atom. The topological polar surface area (TPSA) is 67.3 Å². The minimum absolute atomic E-state index is 0.0280. The fourth-order valence-electron chi connectivity index (χ4n) is 3.20. The van der Waals surface area contributed by atoms with Gasteiger partial charge in [-0.3, -0.25) is 4.79 Å². The van der Waals surface area contributed by atoms with Gasteiger partial charge < -0.3 is 15.0 Å². The molecule has 1 aliphatic rings. The maximum absolute atomic E-state index is 12.6. The van der Waals surface area contributed by atoms with Crippen LogP contribution in [0, 0.1) is 6.92 Å². The van der Waals surface area contributed by atoms with Gasteiger partial charge in [-0.05, 0) is 38.7 Å². The van der Waals surface area contributed by atoms with Crippen molar-refractivity contribution in [3.63, 3.8) is 0 Å². The summed E-state index contributed by atoms with van der Waals surface area (Å²) in [7, 11) is 1.63. The number of amides is 1. The zero-order valence-corrected chi connectivity index (χ0v) is 15.3. The predicted octanol–water partition coefficient (Wildman–Crippen LogP) is 2.75. The second kappa shape index (κ2) is 7.44. The molecule has 3 heterocycles. The zero-order chi connectivity index (χ0) is 17.1. The van der Waals surface area contributed by atoms with E-state index in [1.54, 1.807) is 13.4 Å². The number of methoxy groups -OCH3 is 1. The van der Waals surface area contributed by atoms with Gasteiger partial charge >= 0.3 is 0 Å². The van der Waals surface area contributed by atoms with Crippen LogP contribution < -0.4 is 10.2 Å². The first-order valence-corrected chi connectivity index (χ1v) is 9.22. The second-order valence-corrected chi connectivity index (χ2v) is 7.31. The van der Waals surface area contributed by atoms with E-state index in [0.29, 0.717) is 11.5 Å². The standard InChI is InChI=1S/C17H24N4O2S/c1-11(9-23-3)20-16(22)14-12(2)13-15(18-10-19-17(13)24-14)21-7-5-4-6-8-21/h10-11H,4-9H2,1-3H3,(H,20,22)/t11-/m0/s1. The lowest BCUT2D eigenvalue weighted by Crippen LogP contribution is -2.35. The molecule has 1 fully saturated rings. The van der Waals surface area contributed by atoms with Crippen LogP contribution in [-0.4, -0.2) is 48.7 Å². The van der Waals surface area contributed by atoms with Crippen molar-refractivity contribution in [2.24, 2.45) is 0 Å². The Morgan fingerprint density at radius 1 is 1.38 bits per heavy atom. The fraction of sp³-hybridized carbons (Fsp3) is 0.588. The SMILES string of the molecule is COC[C@H](C)NC(=O)c1sc2ncnc(N3CCCCC3)c2c1C. The number of nitrogens with one attached hydrogen (secondary N) is 1. The predicted molar refractivity (Wildman–Crippen MR) is 97.0 cm³/mol. The number of aryl methyl sites for hydroxylation is 1. The van der Waals surface area contributed by atoms with Crippen molar-refractivity contribution in [3.05, 3.63) is 16.8 Å². The number of ether oxygens (including phenoxy) is 1. The van der Waals surface area contributed by atoms with Crippen LogP contribution in [0.5, 0.6) is 0 Å². The summed E-state index contributed by atoms with van der Waals surface area (Å²) in [5.41, 5.74) is 0.971. The average Bonchev–Trinajstić information content (AvgIpc) is 2.93. The summed E-state index contributed by atoms with van der Waals surface area (Å²) in [6.45, 7) is 6.46. The van der Waals surface area contributed by atoms with Gasteiger partial charge in [-0.2, -0.15) is 0 Å². The third-order valence-corrected chi connectivity index (χ3v) is 5.56. The normalized spacial score (nSPS) is 16.4. The molecule has 1 amide bonds. The van der Waals surface area contributed by atoms with Crippen LogP contribution in [0.4, 0.5) is 5.82 Å². The number of aromatic nitrogens is 2. The second-order valence-electron chi connectivity index (χ2n) is 6.31. The van der Waals surface area contributed by atoms with E-state index in [1.807, 2.05) is 13.8 Å². The van der Waals surface area contributed by atoms with Gasteiger partial charge in [0.15, 0.2) is 0 Å². The van der Waals surface area contributed by atoms with Gasteiger partial charge in [0, 0.05) is 26.2 Å². The van der Waals surface area contributed by atoms with Gasteiger partial charge in [0.05, 0.1) is 16.9 Å². The number of piperidine rings is 1. The molecule has 0 radical (unpaired) electrons. The fourth-order valence-corrected chi connectivity index (χ4v) is 4.24. The molecule has 0 unspecified atom stereocenters. The molecule has 130 valence electrons. The summed E-state index contributed by atoms with van der Waals surface area (Å²) in [5.74, 6) is 0.905. The molecule has 0 bridgehead atoms. The van der Waals surface area contributed by atoms with Crippen LogP contribution in [0.3, 0.4) is 0 Å². The number of fused-ring (bicyclic) bond motifs is 1. The van der Waals surface area contributed by atoms with Gasteiger partial charge in [0.2, 0.25) is 0 Å². The Kier molecular flexibility index (Phi) is 5.30. The van der Waals surface area contributed by atoms with Crippen molar-refractivity contribution in [2.75, 3.05) is 31.7 Å². The molecular weight excluding hydrogens is 324 g/mol. The van der Waals surface area contributed by atoms with Crippen molar-refractivity contribution >= 4 is 33.3 Å². The summed E-state index contributed by atoms with van der Waals surface area (Å²) < 4.78 is 5.09. The molecule has 1 saturated heterocycles. The molecule has 0 spiro atoms. The summed E-state index contributed by atoms with van der Waals surface area (Å²) in [5, 5.41) is 4.00. The van der Waals surface area contributed by atoms with Crippen LogP contribution in [0.2, 0.25) is 0 Å². The number of rotatable bonds is 5. The highest BCUT2D eigenvalue weighted by Crippen LogP contribution is 2.35. The van der Waals surface area contributed by atoms with Crippen LogP contribution in [-0.2, 0) is 4.74 Å². The van der Waals surface area contributed by atoms with E-state index < -0.39 is 0 Å². The molecule has 1 aliphatic heterocycles. The van der Waals surface area contributed by atoms with E-state index in [1.165, 1.54) is 30.6 Å². The Morgan fingerprint density at radius 2 is 2.12 bits per heavy atom. The van der Waals surface area contributed by atoms with Gasteiger partial charge in [0.25, 0.3) is 5.91 Å². The summed E-state index contributed by atoms with van der Waals surface area (Å²) in [4.78, 5) is 25.4. The van der Waals surface area contributed by atoms with Crippen LogP contribution in [0.25, 0.3) is 10.2 Å². The van der Waals surface area contributed by atoms with Gasteiger partial charge in [-0.25, -0.2) is 9.97 Å². The highest BCUT2D eigenvalue weighted by molar-refractivity contribution is 7.20. The number of carbonyl (C=O) groups is 1. The van der Waals surface area contributed by atoms with Crippen LogP contribution >= 0.6 is 11.3 Å². The summed E-state index contributed by atoms with van der Waals surface area (Å²) >= 11 is 1.44. The lowest BCUT2D eigenvalue weighted by atomic mass is 10.1. The van der Waals surface area contributed by atoms with Crippen molar-refractivity contribution in [2.45, 2.75) is 39.2 Å². The minimum Gasteiger partial charge on any atom is -0.383 e. The van der Waals surface area contributed by atoms with E-state index >= 15 is 0 Å². The average molecular weight is 348 g/mol. The van der Waals surface area contributed by atoms with E-state index in [0.717, 1.165) is 34.7 Å². The Bertz CT molecular complexity index is 725. The number of nitrogens with zero attached hydrogens (tertiary/aromatic N) is 3. The van der Waals surface area contributed by atoms with E-state index in [4.69, 9.17) is 4.74 Å². The molecule has 2 aromatic heterocycles. The van der Waals surface area contributed by atoms with Crippen molar-refractivity contribution in [1.29, 1.82) is 0 Å². The number of thiophene rings is 1. The van der Waals surface area contributed by atoms with Crippen LogP contribution in [0.15, 0.2) is 6.33 Å². The number of carbonyl (C=O) groups excluding carboxylic acids is 1. The first-order valence-electron chi connectivity index (χ1n) is 8.40. The van der Waals surface area contributed by atoms with Gasteiger partial charge in [0.1, 0.15) is 17.0 Å². The molecular formula is C17H24N4O2S. The largest absolute Gasteiger partial charge is 0.383 e. The Hall–Kier alpha value is -1.73. The third-order valence-electron chi connectivity index (χ3n) is 4.36. The maximum atomic E-state index is 12.6. The quantitative estimate of drug-likeness (QED) is 0.900. The Balaban J connectivity index is 1.94. The zero-order valence-electron chi connectivity index (χ0n) is 14.5. The molecule has 0 aliphatic carbocycles. The number of hydrogen-bond donors (Lipinski definition) is 1. The van der Waals surface area contributed by atoms with E-state index in [9.17, 15) is 4.79 Å². The summed E-state index contributed by atoms with van der Waals surface area (Å²) in [6, 6.07) is -0.0280. The maximum Gasteiger partial charge on any atom is 0.262 e. The lowest BCUT2D eigenvalue weighted by molar-refractivity contribution is 0.0909. The summed E-state index contributed by atoms with van der Waals surface area (Å²) in [6.07, 6.45) is 5.27. The Labute approximate surface area is 146 Å². The van der Waals surface area contributed by atoms with E-state index in [2.05, 4.69) is 20.2 Å². The van der Waals surface area contributed by atoms with Crippen molar-refractivity contribution < 1.29 is 9.53 Å². The van der Waals surface area contributed by atoms with Crippen LogP contribution in [0.1, 0.15) is 41.4 Å². The number of anilines is 1. The molecule has 1 atom stereocenters. The van der Waals surface area contributed by atoms with Crippen molar-refractivity contribution in [1.82, 2.24) is 15.3 Å². The smallest absolute Gasteiger partial charge is 0.262 e. The van der Waals surface area contributed by atoms with Gasteiger partial charge in [-0.1, -0.05) is 0 Å². The van der Waals surface area contributed by atoms with Crippen molar-refractivity contribution in [3.8, 4) is 0 Å². The van der Waals surface area contributed by atoms with E-state index in [-0.39, 0.29) is 11.9 Å². The molecule has 7 heteroatoms. The molecule has 3 rings (SSSR count). The molecule has 24 heavy (non-hydrogen) atoms. The molecule has 6 nitrogen and oxygen atoms in total. The monoisotopic (exact) mass is 348 g/mol. The highest BCUT2D eigenvalue weighted by Gasteiger charge is 2.23. The molecule has 2 aromatic rings. The first kappa shape index (κ1) is 17.1.